The molecule has 6 nitrogen and oxygen atoms in total. The number of fused-ring (bicyclic) bond motifs is 1. The van der Waals surface area contributed by atoms with Crippen molar-refractivity contribution in [2.24, 2.45) is 0 Å². The van der Waals surface area contributed by atoms with E-state index in [-0.39, 0.29) is 11.5 Å². The van der Waals surface area contributed by atoms with Crippen molar-refractivity contribution in [3.8, 4) is 6.07 Å². The Morgan fingerprint density at radius 1 is 1.19 bits per heavy atom. The third kappa shape index (κ3) is 2.86. The molecule has 0 aliphatic carbocycles. The van der Waals surface area contributed by atoms with Crippen LogP contribution in [-0.4, -0.2) is 42.0 Å². The molecule has 1 aliphatic rings. The highest BCUT2D eigenvalue weighted by Gasteiger charge is 2.25. The zero-order valence-electron chi connectivity index (χ0n) is 13.9. The van der Waals surface area contributed by atoms with Gasteiger partial charge in [0, 0.05) is 49.6 Å². The van der Waals surface area contributed by atoms with Gasteiger partial charge in [0.05, 0.1) is 17.9 Å². The van der Waals surface area contributed by atoms with Crippen LogP contribution in [0.1, 0.15) is 15.9 Å². The zero-order valence-corrected chi connectivity index (χ0v) is 13.9. The van der Waals surface area contributed by atoms with Crippen LogP contribution in [0.15, 0.2) is 47.3 Å². The molecule has 2 aromatic heterocycles. The molecular formula is C19H15FN4O2. The predicted octanol–water partition coefficient (Wildman–Crippen LogP) is 2.80. The van der Waals surface area contributed by atoms with E-state index in [1.165, 1.54) is 24.6 Å². The van der Waals surface area contributed by atoms with Crippen molar-refractivity contribution in [3.63, 3.8) is 0 Å². The molecule has 3 heterocycles. The van der Waals surface area contributed by atoms with E-state index in [0.29, 0.717) is 43.0 Å². The van der Waals surface area contributed by atoms with Gasteiger partial charge in [0.25, 0.3) is 5.91 Å². The maximum atomic E-state index is 13.7. The van der Waals surface area contributed by atoms with Crippen LogP contribution in [0, 0.1) is 17.1 Å². The average molecular weight is 350 g/mol. The second kappa shape index (κ2) is 6.48. The Morgan fingerprint density at radius 2 is 2.00 bits per heavy atom. The molecule has 0 radical (unpaired) electrons. The van der Waals surface area contributed by atoms with Gasteiger partial charge in [-0.3, -0.25) is 9.78 Å². The van der Waals surface area contributed by atoms with Crippen molar-refractivity contribution in [2.75, 3.05) is 31.1 Å². The quantitative estimate of drug-likeness (QED) is 0.710. The first-order chi connectivity index (χ1) is 12.7. The lowest BCUT2D eigenvalue weighted by atomic mass is 10.1. The van der Waals surface area contributed by atoms with Crippen molar-refractivity contribution in [2.45, 2.75) is 0 Å². The molecule has 130 valence electrons. The number of halogens is 1. The van der Waals surface area contributed by atoms with Gasteiger partial charge < -0.3 is 14.2 Å². The van der Waals surface area contributed by atoms with Crippen LogP contribution in [0.25, 0.3) is 11.0 Å². The molecule has 0 bridgehead atoms. The summed E-state index contributed by atoms with van der Waals surface area (Å²) in [6.07, 6.45) is 4.72. The Balaban J connectivity index is 1.50. The van der Waals surface area contributed by atoms with E-state index in [2.05, 4.69) is 4.98 Å². The zero-order chi connectivity index (χ0) is 18.1. The van der Waals surface area contributed by atoms with Crippen molar-refractivity contribution in [1.29, 1.82) is 5.26 Å². The third-order valence-corrected chi connectivity index (χ3v) is 4.53. The number of benzene rings is 1. The first-order valence-corrected chi connectivity index (χ1v) is 8.22. The van der Waals surface area contributed by atoms with Gasteiger partial charge in [-0.15, -0.1) is 0 Å². The minimum Gasteiger partial charge on any atom is -0.463 e. The summed E-state index contributed by atoms with van der Waals surface area (Å²) < 4.78 is 19.1. The Bertz CT molecular complexity index is 1020. The fourth-order valence-corrected chi connectivity index (χ4v) is 3.20. The summed E-state index contributed by atoms with van der Waals surface area (Å²) in [4.78, 5) is 20.6. The normalized spacial score (nSPS) is 14.5. The first-order valence-electron chi connectivity index (χ1n) is 8.22. The summed E-state index contributed by atoms with van der Waals surface area (Å²) >= 11 is 0. The van der Waals surface area contributed by atoms with Gasteiger partial charge in [-0.2, -0.15) is 5.26 Å². The minimum absolute atomic E-state index is 0.130. The smallest absolute Gasteiger partial charge is 0.259 e. The lowest BCUT2D eigenvalue weighted by Crippen LogP contribution is -2.48. The van der Waals surface area contributed by atoms with Gasteiger partial charge >= 0.3 is 0 Å². The van der Waals surface area contributed by atoms with E-state index in [0.717, 1.165) is 5.39 Å². The second-order valence-electron chi connectivity index (χ2n) is 6.12. The minimum atomic E-state index is -0.437. The molecule has 0 atom stereocenters. The van der Waals surface area contributed by atoms with Gasteiger partial charge in [0.15, 0.2) is 0 Å². The maximum Gasteiger partial charge on any atom is 0.259 e. The standard InChI is InChI=1S/C19H15FN4O2/c20-15-7-13(10-21)8-16(9-15)23-2-4-24(5-3-23)19(25)17-12-22-11-14-1-6-26-18(14)17/h1,6-9,11-12H,2-5H2. The first kappa shape index (κ1) is 16.1. The largest absolute Gasteiger partial charge is 0.463 e. The number of carbonyl (C=O) groups excluding carboxylic acids is 1. The number of amides is 1. The highest BCUT2D eigenvalue weighted by Crippen LogP contribution is 2.23. The number of carbonyl (C=O) groups is 1. The molecule has 1 fully saturated rings. The van der Waals surface area contributed by atoms with Crippen LogP contribution >= 0.6 is 0 Å². The van der Waals surface area contributed by atoms with Crippen LogP contribution in [0.3, 0.4) is 0 Å². The number of nitrogens with zero attached hydrogens (tertiary/aromatic N) is 4. The predicted molar refractivity (Wildman–Crippen MR) is 93.2 cm³/mol. The van der Waals surface area contributed by atoms with Crippen molar-refractivity contribution in [1.82, 2.24) is 9.88 Å². The molecule has 26 heavy (non-hydrogen) atoms. The highest BCUT2D eigenvalue weighted by atomic mass is 19.1. The molecule has 7 heteroatoms. The molecular weight excluding hydrogens is 335 g/mol. The molecule has 3 aromatic rings. The lowest BCUT2D eigenvalue weighted by Gasteiger charge is -2.36. The van der Waals surface area contributed by atoms with Crippen LogP contribution < -0.4 is 4.90 Å². The average Bonchev–Trinajstić information content (AvgIpc) is 3.16. The monoisotopic (exact) mass is 350 g/mol. The third-order valence-electron chi connectivity index (χ3n) is 4.53. The number of piperazine rings is 1. The number of hydrogen-bond acceptors (Lipinski definition) is 5. The molecule has 1 saturated heterocycles. The molecule has 4 rings (SSSR count). The Kier molecular flexibility index (Phi) is 4.01. The van der Waals surface area contributed by atoms with Gasteiger partial charge in [-0.25, -0.2) is 4.39 Å². The molecule has 0 spiro atoms. The molecule has 0 saturated carbocycles. The van der Waals surface area contributed by atoms with E-state index in [9.17, 15) is 9.18 Å². The molecule has 1 amide bonds. The molecule has 1 aromatic carbocycles. The number of pyridine rings is 1. The van der Waals surface area contributed by atoms with Gasteiger partial charge in [-0.1, -0.05) is 0 Å². The maximum absolute atomic E-state index is 13.7. The van der Waals surface area contributed by atoms with Crippen molar-refractivity contribution < 1.29 is 13.6 Å². The van der Waals surface area contributed by atoms with Crippen LogP contribution in [0.4, 0.5) is 10.1 Å². The van der Waals surface area contributed by atoms with Crippen LogP contribution in [0.5, 0.6) is 0 Å². The summed E-state index contributed by atoms with van der Waals surface area (Å²) in [6.45, 7) is 2.10. The summed E-state index contributed by atoms with van der Waals surface area (Å²) in [5.41, 5.74) is 1.92. The Morgan fingerprint density at radius 3 is 2.77 bits per heavy atom. The Labute approximate surface area is 149 Å². The van der Waals surface area contributed by atoms with E-state index < -0.39 is 5.82 Å². The molecule has 0 unspecified atom stereocenters. The van der Waals surface area contributed by atoms with Crippen molar-refractivity contribution in [3.05, 3.63) is 59.9 Å². The van der Waals surface area contributed by atoms with Gasteiger partial charge in [0.2, 0.25) is 0 Å². The number of rotatable bonds is 2. The second-order valence-corrected chi connectivity index (χ2v) is 6.12. The van der Waals surface area contributed by atoms with E-state index in [1.807, 2.05) is 11.0 Å². The number of nitriles is 1. The number of hydrogen-bond donors (Lipinski definition) is 0. The molecule has 1 aliphatic heterocycles. The van der Waals surface area contributed by atoms with Crippen LogP contribution in [-0.2, 0) is 0 Å². The SMILES string of the molecule is N#Cc1cc(F)cc(N2CCN(C(=O)c3cncc4ccoc34)CC2)c1. The van der Waals surface area contributed by atoms with Gasteiger partial charge in [-0.05, 0) is 24.3 Å². The van der Waals surface area contributed by atoms with Crippen LogP contribution in [0.2, 0.25) is 0 Å². The summed E-state index contributed by atoms with van der Waals surface area (Å²) in [7, 11) is 0. The summed E-state index contributed by atoms with van der Waals surface area (Å²) in [5.74, 6) is -0.567. The van der Waals surface area contributed by atoms with E-state index in [4.69, 9.17) is 9.68 Å². The number of anilines is 1. The van der Waals surface area contributed by atoms with E-state index in [1.54, 1.807) is 23.2 Å². The highest BCUT2D eigenvalue weighted by molar-refractivity contribution is 6.04. The van der Waals surface area contributed by atoms with E-state index >= 15 is 0 Å². The summed E-state index contributed by atoms with van der Waals surface area (Å²) in [6, 6.07) is 8.01. The lowest BCUT2D eigenvalue weighted by molar-refractivity contribution is 0.0747. The van der Waals surface area contributed by atoms with Gasteiger partial charge in [0.1, 0.15) is 17.0 Å². The fraction of sp³-hybridized carbons (Fsp3) is 0.211. The number of aromatic nitrogens is 1. The fourth-order valence-electron chi connectivity index (χ4n) is 3.20. The topological polar surface area (TPSA) is 73.4 Å². The Hall–Kier alpha value is -3.40. The van der Waals surface area contributed by atoms with Crippen molar-refractivity contribution >= 4 is 22.6 Å². The number of furan rings is 1. The summed E-state index contributed by atoms with van der Waals surface area (Å²) in [5, 5.41) is 9.78. The molecule has 0 N–H and O–H groups in total.